The first-order valence-corrected chi connectivity index (χ1v) is 11.8. The molecule has 182 valence electrons. The quantitative estimate of drug-likeness (QED) is 0.430. The zero-order chi connectivity index (χ0) is 25.2. The molecule has 1 saturated heterocycles. The molecule has 1 atom stereocenters. The fraction of sp³-hybridized carbons (Fsp3) is 0.286. The zero-order valence-corrected chi connectivity index (χ0v) is 21.1. The van der Waals surface area contributed by atoms with E-state index in [0.29, 0.717) is 27.9 Å². The Hall–Kier alpha value is -3.51. The van der Waals surface area contributed by atoms with E-state index in [1.165, 1.54) is 12.7 Å². The SMILES string of the molecule is COc1ccc(Cl)cc1N1C[C@@H](C(=O)Nc2ccc(Oc3ccc(C(C)(C)C)cc3)cc2)CC1=O. The maximum absolute atomic E-state index is 12.9. The Morgan fingerprint density at radius 3 is 2.23 bits per heavy atom. The van der Waals surface area contributed by atoms with Gasteiger partial charge >= 0.3 is 0 Å². The van der Waals surface area contributed by atoms with Gasteiger partial charge in [0, 0.05) is 23.7 Å². The number of benzene rings is 3. The van der Waals surface area contributed by atoms with Crippen LogP contribution in [-0.2, 0) is 15.0 Å². The van der Waals surface area contributed by atoms with E-state index in [0.717, 1.165) is 5.75 Å². The number of anilines is 2. The molecule has 0 saturated carbocycles. The molecule has 0 radical (unpaired) electrons. The fourth-order valence-corrected chi connectivity index (χ4v) is 4.17. The van der Waals surface area contributed by atoms with E-state index in [2.05, 4.69) is 38.2 Å². The van der Waals surface area contributed by atoms with Crippen molar-refractivity contribution in [1.29, 1.82) is 0 Å². The van der Waals surface area contributed by atoms with E-state index >= 15 is 0 Å². The molecule has 2 amide bonds. The third-order valence-corrected chi connectivity index (χ3v) is 6.24. The molecule has 0 spiro atoms. The van der Waals surface area contributed by atoms with Gasteiger partial charge in [0.05, 0.1) is 18.7 Å². The van der Waals surface area contributed by atoms with Crippen molar-refractivity contribution in [2.24, 2.45) is 5.92 Å². The highest BCUT2D eigenvalue weighted by molar-refractivity contribution is 6.31. The number of ether oxygens (including phenoxy) is 2. The van der Waals surface area contributed by atoms with Crippen LogP contribution < -0.4 is 19.7 Å². The molecule has 35 heavy (non-hydrogen) atoms. The Labute approximate surface area is 210 Å². The van der Waals surface area contributed by atoms with E-state index in [9.17, 15) is 9.59 Å². The average Bonchev–Trinajstić information content (AvgIpc) is 3.21. The van der Waals surface area contributed by atoms with Gasteiger partial charge < -0.3 is 19.7 Å². The van der Waals surface area contributed by atoms with Gasteiger partial charge in [0.2, 0.25) is 11.8 Å². The number of hydrogen-bond donors (Lipinski definition) is 1. The summed E-state index contributed by atoms with van der Waals surface area (Å²) in [4.78, 5) is 27.1. The molecule has 6 nitrogen and oxygen atoms in total. The molecular formula is C28H29ClN2O4. The van der Waals surface area contributed by atoms with Gasteiger partial charge in [0.1, 0.15) is 17.2 Å². The second kappa shape index (κ2) is 10.0. The average molecular weight is 493 g/mol. The van der Waals surface area contributed by atoms with Gasteiger partial charge in [-0.2, -0.15) is 0 Å². The topological polar surface area (TPSA) is 67.9 Å². The van der Waals surface area contributed by atoms with Crippen molar-refractivity contribution < 1.29 is 19.1 Å². The lowest BCUT2D eigenvalue weighted by Crippen LogP contribution is -2.28. The van der Waals surface area contributed by atoms with Crippen LogP contribution in [0, 0.1) is 5.92 Å². The molecule has 3 aromatic carbocycles. The molecule has 0 aromatic heterocycles. The molecule has 7 heteroatoms. The number of hydrogen-bond acceptors (Lipinski definition) is 4. The fourth-order valence-electron chi connectivity index (χ4n) is 4.00. The number of rotatable bonds is 6. The summed E-state index contributed by atoms with van der Waals surface area (Å²) in [6.45, 7) is 6.77. The monoisotopic (exact) mass is 492 g/mol. The van der Waals surface area contributed by atoms with E-state index in [4.69, 9.17) is 21.1 Å². The molecule has 1 heterocycles. The highest BCUT2D eigenvalue weighted by Gasteiger charge is 2.36. The number of halogens is 1. The van der Waals surface area contributed by atoms with Crippen molar-refractivity contribution in [3.05, 3.63) is 77.3 Å². The number of carbonyl (C=O) groups excluding carboxylic acids is 2. The molecule has 0 aliphatic carbocycles. The summed E-state index contributed by atoms with van der Waals surface area (Å²) in [6.07, 6.45) is 0.118. The summed E-state index contributed by atoms with van der Waals surface area (Å²) >= 11 is 6.11. The molecule has 1 aliphatic rings. The van der Waals surface area contributed by atoms with Gasteiger partial charge in [0.15, 0.2) is 0 Å². The van der Waals surface area contributed by atoms with Crippen LogP contribution in [0.25, 0.3) is 0 Å². The van der Waals surface area contributed by atoms with Gasteiger partial charge in [-0.1, -0.05) is 44.5 Å². The van der Waals surface area contributed by atoms with Crippen LogP contribution in [0.2, 0.25) is 5.02 Å². The lowest BCUT2D eigenvalue weighted by atomic mass is 9.87. The Morgan fingerprint density at radius 2 is 1.63 bits per heavy atom. The molecule has 1 N–H and O–H groups in total. The maximum Gasteiger partial charge on any atom is 0.229 e. The molecule has 0 unspecified atom stereocenters. The molecule has 1 fully saturated rings. The van der Waals surface area contributed by atoms with Crippen LogP contribution in [0.4, 0.5) is 11.4 Å². The predicted octanol–water partition coefficient (Wildman–Crippen LogP) is 6.43. The Balaban J connectivity index is 1.37. The second-order valence-electron chi connectivity index (χ2n) is 9.61. The molecule has 4 rings (SSSR count). The van der Waals surface area contributed by atoms with Crippen molar-refractivity contribution in [3.8, 4) is 17.2 Å². The summed E-state index contributed by atoms with van der Waals surface area (Å²) in [5, 5.41) is 3.40. The summed E-state index contributed by atoms with van der Waals surface area (Å²) < 4.78 is 11.3. The Morgan fingerprint density at radius 1 is 1.00 bits per heavy atom. The van der Waals surface area contributed by atoms with E-state index in [-0.39, 0.29) is 30.2 Å². The van der Waals surface area contributed by atoms with Crippen LogP contribution in [0.3, 0.4) is 0 Å². The number of amides is 2. The van der Waals surface area contributed by atoms with Gasteiger partial charge in [-0.3, -0.25) is 9.59 Å². The van der Waals surface area contributed by atoms with Crippen molar-refractivity contribution in [1.82, 2.24) is 0 Å². The number of nitrogens with zero attached hydrogens (tertiary/aromatic N) is 1. The normalized spacial score (nSPS) is 15.7. The zero-order valence-electron chi connectivity index (χ0n) is 20.3. The molecular weight excluding hydrogens is 464 g/mol. The minimum atomic E-state index is -0.483. The number of nitrogens with one attached hydrogen (secondary N) is 1. The predicted molar refractivity (Wildman–Crippen MR) is 139 cm³/mol. The smallest absolute Gasteiger partial charge is 0.229 e. The van der Waals surface area contributed by atoms with E-state index in [1.54, 1.807) is 47.4 Å². The van der Waals surface area contributed by atoms with Gasteiger partial charge in [-0.25, -0.2) is 0 Å². The number of carbonyl (C=O) groups is 2. The van der Waals surface area contributed by atoms with Crippen molar-refractivity contribution in [3.63, 3.8) is 0 Å². The minimum absolute atomic E-state index is 0.0829. The molecule has 0 bridgehead atoms. The first kappa shape index (κ1) is 24.6. The van der Waals surface area contributed by atoms with Crippen LogP contribution in [0.5, 0.6) is 17.2 Å². The van der Waals surface area contributed by atoms with Crippen LogP contribution in [-0.4, -0.2) is 25.5 Å². The summed E-state index contributed by atoms with van der Waals surface area (Å²) in [5.41, 5.74) is 2.52. The van der Waals surface area contributed by atoms with Gasteiger partial charge in [-0.15, -0.1) is 0 Å². The van der Waals surface area contributed by atoms with Crippen molar-refractivity contribution in [2.45, 2.75) is 32.6 Å². The summed E-state index contributed by atoms with van der Waals surface area (Å²) in [7, 11) is 1.53. The third-order valence-electron chi connectivity index (χ3n) is 6.01. The second-order valence-corrected chi connectivity index (χ2v) is 10.0. The first-order chi connectivity index (χ1) is 16.6. The van der Waals surface area contributed by atoms with Crippen molar-refractivity contribution >= 4 is 34.8 Å². The minimum Gasteiger partial charge on any atom is -0.495 e. The van der Waals surface area contributed by atoms with E-state index < -0.39 is 5.92 Å². The maximum atomic E-state index is 12.9. The first-order valence-electron chi connectivity index (χ1n) is 11.5. The summed E-state index contributed by atoms with van der Waals surface area (Å²) in [5.74, 6) is 1.11. The standard InChI is InChI=1S/C28H29ClN2O4/c1-28(2,3)19-5-10-22(11-6-19)35-23-12-8-21(9-13-23)30-27(33)18-15-26(32)31(17-18)24-16-20(29)7-14-25(24)34-4/h5-14,16,18H,15,17H2,1-4H3,(H,30,33)/t18-/m0/s1. The van der Waals surface area contributed by atoms with Crippen LogP contribution >= 0.6 is 11.6 Å². The third kappa shape index (κ3) is 5.77. The number of methoxy groups -OCH3 is 1. The molecule has 3 aromatic rings. The Kier molecular flexibility index (Phi) is 7.03. The van der Waals surface area contributed by atoms with Crippen LogP contribution in [0.15, 0.2) is 66.7 Å². The lowest BCUT2D eigenvalue weighted by Gasteiger charge is -2.20. The van der Waals surface area contributed by atoms with Crippen LogP contribution in [0.1, 0.15) is 32.8 Å². The highest BCUT2D eigenvalue weighted by Crippen LogP contribution is 2.35. The van der Waals surface area contributed by atoms with Gasteiger partial charge in [-0.05, 0) is 65.6 Å². The van der Waals surface area contributed by atoms with Crippen molar-refractivity contribution in [2.75, 3.05) is 23.9 Å². The largest absolute Gasteiger partial charge is 0.495 e. The molecule has 1 aliphatic heterocycles. The van der Waals surface area contributed by atoms with E-state index in [1.807, 2.05) is 12.1 Å². The summed E-state index contributed by atoms with van der Waals surface area (Å²) in [6, 6.07) is 20.3. The van der Waals surface area contributed by atoms with Gasteiger partial charge in [0.25, 0.3) is 0 Å². The Bertz CT molecular complexity index is 1220. The lowest BCUT2D eigenvalue weighted by molar-refractivity contribution is -0.122. The highest BCUT2D eigenvalue weighted by atomic mass is 35.5.